The molecule has 2 heterocycles. The SMILES string of the molecule is CCN1CCN(c2cn[nH]c(=O)c2)CC1. The number of aromatic nitrogens is 2. The lowest BCUT2D eigenvalue weighted by Gasteiger charge is -2.35. The van der Waals surface area contributed by atoms with E-state index >= 15 is 0 Å². The fourth-order valence-electron chi connectivity index (χ4n) is 1.86. The smallest absolute Gasteiger partial charge is 0.266 e. The Morgan fingerprint density at radius 3 is 2.73 bits per heavy atom. The van der Waals surface area contributed by atoms with Crippen LogP contribution in [0.25, 0.3) is 0 Å². The number of likely N-dealkylation sites (N-methyl/N-ethyl adjacent to an activating group) is 1. The zero-order valence-corrected chi connectivity index (χ0v) is 8.94. The number of hydrogen-bond acceptors (Lipinski definition) is 4. The first kappa shape index (κ1) is 10.2. The second-order valence-electron chi connectivity index (χ2n) is 3.72. The van der Waals surface area contributed by atoms with Gasteiger partial charge in [-0.1, -0.05) is 6.92 Å². The first-order chi connectivity index (χ1) is 7.29. The number of piperazine rings is 1. The third kappa shape index (κ3) is 2.36. The molecule has 0 aromatic carbocycles. The molecule has 1 fully saturated rings. The number of rotatable bonds is 2. The average molecular weight is 208 g/mol. The van der Waals surface area contributed by atoms with Gasteiger partial charge in [-0.05, 0) is 6.54 Å². The Kier molecular flexibility index (Phi) is 3.01. The van der Waals surface area contributed by atoms with Gasteiger partial charge in [-0.2, -0.15) is 5.10 Å². The Hall–Kier alpha value is -1.36. The van der Waals surface area contributed by atoms with E-state index < -0.39 is 0 Å². The summed E-state index contributed by atoms with van der Waals surface area (Å²) in [6.45, 7) is 7.33. The summed E-state index contributed by atoms with van der Waals surface area (Å²) in [5.41, 5.74) is 0.792. The van der Waals surface area contributed by atoms with Crippen molar-refractivity contribution in [2.75, 3.05) is 37.6 Å². The Labute approximate surface area is 88.7 Å². The maximum absolute atomic E-state index is 11.1. The van der Waals surface area contributed by atoms with E-state index in [-0.39, 0.29) is 5.56 Å². The van der Waals surface area contributed by atoms with E-state index in [1.54, 1.807) is 12.3 Å². The van der Waals surface area contributed by atoms with Crippen molar-refractivity contribution in [2.45, 2.75) is 6.92 Å². The van der Waals surface area contributed by atoms with E-state index in [4.69, 9.17) is 0 Å². The summed E-state index contributed by atoms with van der Waals surface area (Å²) in [5, 5.41) is 6.19. The van der Waals surface area contributed by atoms with Gasteiger partial charge in [-0.3, -0.25) is 4.79 Å². The van der Waals surface area contributed by atoms with Crippen molar-refractivity contribution in [1.82, 2.24) is 15.1 Å². The van der Waals surface area contributed by atoms with Crippen LogP contribution < -0.4 is 10.5 Å². The molecule has 0 amide bonds. The van der Waals surface area contributed by atoms with E-state index in [1.807, 2.05) is 0 Å². The zero-order valence-electron chi connectivity index (χ0n) is 8.94. The van der Waals surface area contributed by atoms with Crippen molar-refractivity contribution < 1.29 is 0 Å². The molecule has 5 heteroatoms. The number of hydrogen-bond donors (Lipinski definition) is 1. The molecule has 1 saturated heterocycles. The molecule has 1 aliphatic heterocycles. The predicted molar refractivity (Wildman–Crippen MR) is 59.2 cm³/mol. The third-order valence-electron chi connectivity index (χ3n) is 2.84. The van der Waals surface area contributed by atoms with Crippen LogP contribution >= 0.6 is 0 Å². The van der Waals surface area contributed by atoms with Gasteiger partial charge in [0, 0.05) is 32.2 Å². The van der Waals surface area contributed by atoms with Crippen LogP contribution in [0.2, 0.25) is 0 Å². The lowest BCUT2D eigenvalue weighted by atomic mass is 10.3. The molecule has 0 atom stereocenters. The van der Waals surface area contributed by atoms with Crippen LogP contribution in [0.4, 0.5) is 5.69 Å². The number of aromatic amines is 1. The van der Waals surface area contributed by atoms with Crippen LogP contribution in [-0.2, 0) is 0 Å². The van der Waals surface area contributed by atoms with Crippen LogP contribution in [0.5, 0.6) is 0 Å². The van der Waals surface area contributed by atoms with Crippen LogP contribution in [0.1, 0.15) is 6.92 Å². The van der Waals surface area contributed by atoms with Gasteiger partial charge >= 0.3 is 0 Å². The molecular weight excluding hydrogens is 192 g/mol. The van der Waals surface area contributed by atoms with Crippen molar-refractivity contribution >= 4 is 5.69 Å². The van der Waals surface area contributed by atoms with E-state index in [1.165, 1.54) is 0 Å². The second kappa shape index (κ2) is 4.44. The molecule has 0 aliphatic carbocycles. The molecule has 1 aromatic heterocycles. The van der Waals surface area contributed by atoms with Crippen molar-refractivity contribution in [3.8, 4) is 0 Å². The topological polar surface area (TPSA) is 52.2 Å². The standard InChI is InChI=1S/C10H16N4O/c1-2-13-3-5-14(6-4-13)9-7-10(15)12-11-8-9/h7-8H,2-6H2,1H3,(H,12,15). The maximum atomic E-state index is 11.1. The van der Waals surface area contributed by atoms with Gasteiger partial charge in [0.15, 0.2) is 0 Å². The fraction of sp³-hybridized carbons (Fsp3) is 0.600. The minimum Gasteiger partial charge on any atom is -0.368 e. The number of anilines is 1. The van der Waals surface area contributed by atoms with Crippen LogP contribution in [0.3, 0.4) is 0 Å². The second-order valence-corrected chi connectivity index (χ2v) is 3.72. The number of nitrogens with zero attached hydrogens (tertiary/aromatic N) is 3. The molecule has 15 heavy (non-hydrogen) atoms. The van der Waals surface area contributed by atoms with Crippen LogP contribution in [0, 0.1) is 0 Å². The highest BCUT2D eigenvalue weighted by atomic mass is 16.1. The highest BCUT2D eigenvalue weighted by Crippen LogP contribution is 2.11. The van der Waals surface area contributed by atoms with Gasteiger partial charge in [0.25, 0.3) is 5.56 Å². The monoisotopic (exact) mass is 208 g/mol. The van der Waals surface area contributed by atoms with Crippen molar-refractivity contribution in [1.29, 1.82) is 0 Å². The van der Waals surface area contributed by atoms with Gasteiger partial charge in [-0.15, -0.1) is 0 Å². The van der Waals surface area contributed by atoms with E-state index in [9.17, 15) is 4.79 Å². The quantitative estimate of drug-likeness (QED) is 0.738. The number of H-pyrrole nitrogens is 1. The summed E-state index contributed by atoms with van der Waals surface area (Å²) >= 11 is 0. The molecule has 5 nitrogen and oxygen atoms in total. The minimum atomic E-state index is -0.134. The van der Waals surface area contributed by atoms with Gasteiger partial charge in [0.05, 0.1) is 11.9 Å². The first-order valence-corrected chi connectivity index (χ1v) is 5.31. The minimum absolute atomic E-state index is 0.134. The summed E-state index contributed by atoms with van der Waals surface area (Å²) in [5.74, 6) is 0. The Morgan fingerprint density at radius 2 is 2.13 bits per heavy atom. The van der Waals surface area contributed by atoms with Gasteiger partial charge < -0.3 is 9.80 Å². The molecule has 82 valence electrons. The lowest BCUT2D eigenvalue weighted by Crippen LogP contribution is -2.46. The van der Waals surface area contributed by atoms with E-state index in [0.717, 1.165) is 38.4 Å². The molecule has 0 unspecified atom stereocenters. The molecule has 1 aromatic rings. The Morgan fingerprint density at radius 1 is 1.40 bits per heavy atom. The fourth-order valence-corrected chi connectivity index (χ4v) is 1.86. The largest absolute Gasteiger partial charge is 0.368 e. The van der Waals surface area contributed by atoms with E-state index in [2.05, 4.69) is 26.9 Å². The zero-order chi connectivity index (χ0) is 10.7. The van der Waals surface area contributed by atoms with Gasteiger partial charge in [0.1, 0.15) is 0 Å². The van der Waals surface area contributed by atoms with Gasteiger partial charge in [0.2, 0.25) is 0 Å². The molecule has 0 saturated carbocycles. The molecule has 0 radical (unpaired) electrons. The van der Waals surface area contributed by atoms with Crippen molar-refractivity contribution in [3.63, 3.8) is 0 Å². The predicted octanol–water partition coefficient (Wildman–Crippen LogP) is -0.0882. The van der Waals surface area contributed by atoms with Crippen molar-refractivity contribution in [2.24, 2.45) is 0 Å². The average Bonchev–Trinajstić information content (AvgIpc) is 2.29. The molecule has 1 aliphatic rings. The highest BCUT2D eigenvalue weighted by molar-refractivity contribution is 5.43. The molecule has 2 rings (SSSR count). The summed E-state index contributed by atoms with van der Waals surface area (Å²) in [7, 11) is 0. The molecule has 0 bridgehead atoms. The summed E-state index contributed by atoms with van der Waals surface area (Å²) in [6, 6.07) is 1.61. The first-order valence-electron chi connectivity index (χ1n) is 5.31. The Bertz CT molecular complexity index is 368. The Balaban J connectivity index is 2.04. The summed E-state index contributed by atoms with van der Waals surface area (Å²) in [4.78, 5) is 15.7. The maximum Gasteiger partial charge on any atom is 0.266 e. The third-order valence-corrected chi connectivity index (χ3v) is 2.84. The molecular formula is C10H16N4O. The highest BCUT2D eigenvalue weighted by Gasteiger charge is 2.15. The van der Waals surface area contributed by atoms with Crippen LogP contribution in [0.15, 0.2) is 17.1 Å². The normalized spacial score (nSPS) is 18.1. The van der Waals surface area contributed by atoms with Crippen molar-refractivity contribution in [3.05, 3.63) is 22.6 Å². The van der Waals surface area contributed by atoms with E-state index in [0.29, 0.717) is 0 Å². The lowest BCUT2D eigenvalue weighted by molar-refractivity contribution is 0.271. The van der Waals surface area contributed by atoms with Gasteiger partial charge in [-0.25, -0.2) is 5.10 Å². The number of nitrogens with one attached hydrogen (secondary N) is 1. The molecule has 1 N–H and O–H groups in total. The van der Waals surface area contributed by atoms with Crippen LogP contribution in [-0.4, -0.2) is 47.8 Å². The molecule has 0 spiro atoms. The summed E-state index contributed by atoms with van der Waals surface area (Å²) in [6.07, 6.45) is 1.71. The summed E-state index contributed by atoms with van der Waals surface area (Å²) < 4.78 is 0.